The van der Waals surface area contributed by atoms with Gasteiger partial charge in [-0.1, -0.05) is 43.2 Å². The van der Waals surface area contributed by atoms with E-state index in [1.54, 1.807) is 0 Å². The molecule has 1 fully saturated rings. The van der Waals surface area contributed by atoms with Crippen LogP contribution >= 0.6 is 0 Å². The zero-order valence-corrected chi connectivity index (χ0v) is 9.97. The molecular formula is C15H18N2. The lowest BCUT2D eigenvalue weighted by Crippen LogP contribution is -2.17. The summed E-state index contributed by atoms with van der Waals surface area (Å²) in [5, 5.41) is 0. The molecule has 1 saturated carbocycles. The topological polar surface area (TPSA) is 28.7 Å². The summed E-state index contributed by atoms with van der Waals surface area (Å²) in [6, 6.07) is 10.9. The van der Waals surface area contributed by atoms with E-state index in [0.717, 1.165) is 0 Å². The number of benzene rings is 1. The van der Waals surface area contributed by atoms with Gasteiger partial charge in [-0.2, -0.15) is 0 Å². The molecule has 0 radical (unpaired) electrons. The second-order valence-electron chi connectivity index (χ2n) is 4.88. The SMILES string of the molecule is c1ccc(C2CCCCC2c2ncc[nH]2)cc1. The van der Waals surface area contributed by atoms with Gasteiger partial charge in [0.2, 0.25) is 0 Å². The van der Waals surface area contributed by atoms with Gasteiger partial charge in [0, 0.05) is 18.3 Å². The van der Waals surface area contributed by atoms with E-state index in [2.05, 4.69) is 40.3 Å². The quantitative estimate of drug-likeness (QED) is 0.827. The Hall–Kier alpha value is -1.57. The van der Waals surface area contributed by atoms with E-state index in [4.69, 9.17) is 0 Å². The standard InChI is InChI=1S/C15H18N2/c1-2-6-12(7-3-1)13-8-4-5-9-14(13)15-16-10-11-17-15/h1-3,6-7,10-11,13-14H,4-5,8-9H2,(H,16,17). The summed E-state index contributed by atoms with van der Waals surface area (Å²) in [5.41, 5.74) is 1.47. The Balaban J connectivity index is 1.91. The number of rotatable bonds is 2. The molecule has 0 aliphatic heterocycles. The Kier molecular flexibility index (Phi) is 2.95. The molecule has 2 nitrogen and oxygen atoms in total. The molecule has 2 aromatic rings. The van der Waals surface area contributed by atoms with E-state index in [-0.39, 0.29) is 0 Å². The lowest BCUT2D eigenvalue weighted by molar-refractivity contribution is 0.375. The molecule has 88 valence electrons. The van der Waals surface area contributed by atoms with Crippen molar-refractivity contribution >= 4 is 0 Å². The molecule has 1 aliphatic carbocycles. The highest BCUT2D eigenvalue weighted by Crippen LogP contribution is 2.42. The van der Waals surface area contributed by atoms with Gasteiger partial charge in [0.1, 0.15) is 5.82 Å². The molecular weight excluding hydrogens is 208 g/mol. The summed E-state index contributed by atoms with van der Waals surface area (Å²) in [6.45, 7) is 0. The minimum absolute atomic E-state index is 0.571. The van der Waals surface area contributed by atoms with E-state index in [1.165, 1.54) is 37.1 Å². The average molecular weight is 226 g/mol. The van der Waals surface area contributed by atoms with Crippen molar-refractivity contribution in [3.05, 3.63) is 54.1 Å². The molecule has 2 unspecified atom stereocenters. The number of hydrogen-bond donors (Lipinski definition) is 1. The zero-order chi connectivity index (χ0) is 11.5. The van der Waals surface area contributed by atoms with Crippen LogP contribution < -0.4 is 0 Å². The molecule has 1 aliphatic rings. The van der Waals surface area contributed by atoms with E-state index >= 15 is 0 Å². The molecule has 1 aromatic carbocycles. The van der Waals surface area contributed by atoms with Crippen LogP contribution in [0.4, 0.5) is 0 Å². The van der Waals surface area contributed by atoms with Crippen LogP contribution in [-0.2, 0) is 0 Å². The van der Waals surface area contributed by atoms with Crippen molar-refractivity contribution in [1.82, 2.24) is 9.97 Å². The summed E-state index contributed by atoms with van der Waals surface area (Å²) in [7, 11) is 0. The number of aromatic amines is 1. The van der Waals surface area contributed by atoms with E-state index in [9.17, 15) is 0 Å². The minimum atomic E-state index is 0.571. The van der Waals surface area contributed by atoms with E-state index in [1.807, 2.05) is 12.4 Å². The van der Waals surface area contributed by atoms with Crippen molar-refractivity contribution in [3.8, 4) is 0 Å². The fourth-order valence-electron chi connectivity index (χ4n) is 3.04. The second kappa shape index (κ2) is 4.74. The smallest absolute Gasteiger partial charge is 0.109 e. The Bertz CT molecular complexity index is 447. The molecule has 2 heteroatoms. The molecule has 1 aromatic heterocycles. The van der Waals surface area contributed by atoms with Crippen molar-refractivity contribution in [2.45, 2.75) is 37.5 Å². The number of imidazole rings is 1. The molecule has 1 N–H and O–H groups in total. The molecule has 17 heavy (non-hydrogen) atoms. The molecule has 0 saturated heterocycles. The van der Waals surface area contributed by atoms with E-state index < -0.39 is 0 Å². The first-order chi connectivity index (χ1) is 8.45. The van der Waals surface area contributed by atoms with Crippen LogP contribution in [0.15, 0.2) is 42.7 Å². The van der Waals surface area contributed by atoms with Gasteiger partial charge in [-0.15, -0.1) is 0 Å². The largest absolute Gasteiger partial charge is 0.348 e. The summed E-state index contributed by atoms with van der Waals surface area (Å²) in [6.07, 6.45) is 9.02. The van der Waals surface area contributed by atoms with Gasteiger partial charge in [-0.25, -0.2) is 4.98 Å². The van der Waals surface area contributed by atoms with Crippen LogP contribution in [0.1, 0.15) is 48.9 Å². The van der Waals surface area contributed by atoms with Crippen molar-refractivity contribution in [2.24, 2.45) is 0 Å². The maximum Gasteiger partial charge on any atom is 0.109 e. The van der Waals surface area contributed by atoms with Crippen LogP contribution in [0.5, 0.6) is 0 Å². The highest BCUT2D eigenvalue weighted by atomic mass is 14.9. The first kappa shape index (κ1) is 10.6. The van der Waals surface area contributed by atoms with Gasteiger partial charge in [0.05, 0.1) is 0 Å². The summed E-state index contributed by atoms with van der Waals surface area (Å²) < 4.78 is 0. The molecule has 0 amide bonds. The number of nitrogens with zero attached hydrogens (tertiary/aromatic N) is 1. The van der Waals surface area contributed by atoms with Crippen molar-refractivity contribution in [1.29, 1.82) is 0 Å². The Morgan fingerprint density at radius 2 is 1.76 bits per heavy atom. The zero-order valence-electron chi connectivity index (χ0n) is 9.97. The minimum Gasteiger partial charge on any atom is -0.348 e. The second-order valence-corrected chi connectivity index (χ2v) is 4.88. The number of nitrogens with one attached hydrogen (secondary N) is 1. The number of aromatic nitrogens is 2. The lowest BCUT2D eigenvalue weighted by Gasteiger charge is -2.30. The Morgan fingerprint density at radius 3 is 2.47 bits per heavy atom. The fraction of sp³-hybridized carbons (Fsp3) is 0.400. The Labute approximate surface area is 102 Å². The number of hydrogen-bond acceptors (Lipinski definition) is 1. The third kappa shape index (κ3) is 2.12. The molecule has 3 rings (SSSR count). The van der Waals surface area contributed by atoms with Crippen molar-refractivity contribution < 1.29 is 0 Å². The van der Waals surface area contributed by atoms with Crippen LogP contribution in [0.25, 0.3) is 0 Å². The third-order valence-corrected chi connectivity index (χ3v) is 3.86. The molecule has 2 atom stereocenters. The number of H-pyrrole nitrogens is 1. The van der Waals surface area contributed by atoms with E-state index in [0.29, 0.717) is 11.8 Å². The highest BCUT2D eigenvalue weighted by molar-refractivity contribution is 5.24. The van der Waals surface area contributed by atoms with Crippen LogP contribution in [0.2, 0.25) is 0 Å². The highest BCUT2D eigenvalue weighted by Gasteiger charge is 2.29. The van der Waals surface area contributed by atoms with Crippen LogP contribution in [0, 0.1) is 0 Å². The first-order valence-corrected chi connectivity index (χ1v) is 6.49. The maximum absolute atomic E-state index is 4.46. The summed E-state index contributed by atoms with van der Waals surface area (Å²) in [4.78, 5) is 7.76. The molecule has 1 heterocycles. The van der Waals surface area contributed by atoms with Crippen molar-refractivity contribution in [3.63, 3.8) is 0 Å². The Morgan fingerprint density at radius 1 is 1.00 bits per heavy atom. The van der Waals surface area contributed by atoms with Gasteiger partial charge < -0.3 is 4.98 Å². The third-order valence-electron chi connectivity index (χ3n) is 3.86. The predicted octanol–water partition coefficient (Wildman–Crippen LogP) is 3.85. The average Bonchev–Trinajstić information content (AvgIpc) is 2.94. The normalized spacial score (nSPS) is 24.7. The van der Waals surface area contributed by atoms with Gasteiger partial charge in [0.25, 0.3) is 0 Å². The summed E-state index contributed by atoms with van der Waals surface area (Å²) >= 11 is 0. The van der Waals surface area contributed by atoms with Gasteiger partial charge in [-0.05, 0) is 24.3 Å². The van der Waals surface area contributed by atoms with Crippen LogP contribution in [0.3, 0.4) is 0 Å². The molecule has 0 bridgehead atoms. The maximum atomic E-state index is 4.46. The van der Waals surface area contributed by atoms with Gasteiger partial charge in [0.15, 0.2) is 0 Å². The van der Waals surface area contributed by atoms with Gasteiger partial charge >= 0.3 is 0 Å². The fourth-order valence-corrected chi connectivity index (χ4v) is 3.04. The van der Waals surface area contributed by atoms with Crippen LogP contribution in [-0.4, -0.2) is 9.97 Å². The summed E-state index contributed by atoms with van der Waals surface area (Å²) in [5.74, 6) is 2.37. The van der Waals surface area contributed by atoms with Gasteiger partial charge in [-0.3, -0.25) is 0 Å². The predicted molar refractivity (Wildman–Crippen MR) is 69.0 cm³/mol. The monoisotopic (exact) mass is 226 g/mol. The van der Waals surface area contributed by atoms with Crippen molar-refractivity contribution in [2.75, 3.05) is 0 Å². The first-order valence-electron chi connectivity index (χ1n) is 6.49. The molecule has 0 spiro atoms. The lowest BCUT2D eigenvalue weighted by atomic mass is 9.75.